The van der Waals surface area contributed by atoms with E-state index >= 15 is 0 Å². The average molecular weight is 291 g/mol. The lowest BCUT2D eigenvalue weighted by atomic mass is 9.76. The standard InChI is InChI=1S/C17H25NO3/c1-13-5-4-8-17(11-13,12-19)18-16(20)10-14-6-3-7-15(9-14)21-2/h3,6-7,9,13,19H,4-5,8,10-12H2,1-2H3,(H,18,20). The van der Waals surface area contributed by atoms with Crippen molar-refractivity contribution in [1.29, 1.82) is 0 Å². The molecular formula is C17H25NO3. The number of amides is 1. The summed E-state index contributed by atoms with van der Waals surface area (Å²) in [6.45, 7) is 2.19. The highest BCUT2D eigenvalue weighted by atomic mass is 16.5. The molecule has 0 aromatic heterocycles. The molecule has 1 saturated carbocycles. The van der Waals surface area contributed by atoms with Crippen molar-refractivity contribution in [2.24, 2.45) is 5.92 Å². The second-order valence-electron chi connectivity index (χ2n) is 6.22. The first-order chi connectivity index (χ1) is 10.1. The number of carbonyl (C=O) groups is 1. The first-order valence-corrected chi connectivity index (χ1v) is 7.62. The maximum Gasteiger partial charge on any atom is 0.224 e. The smallest absolute Gasteiger partial charge is 0.224 e. The highest BCUT2D eigenvalue weighted by Crippen LogP contribution is 2.32. The monoisotopic (exact) mass is 291 g/mol. The Labute approximate surface area is 126 Å². The molecule has 116 valence electrons. The van der Waals surface area contributed by atoms with Crippen LogP contribution in [0.2, 0.25) is 0 Å². The van der Waals surface area contributed by atoms with Crippen molar-refractivity contribution in [2.45, 2.75) is 44.6 Å². The SMILES string of the molecule is COc1cccc(CC(=O)NC2(CO)CCCC(C)C2)c1. The van der Waals surface area contributed by atoms with Gasteiger partial charge < -0.3 is 15.2 Å². The zero-order valence-electron chi connectivity index (χ0n) is 12.9. The molecule has 1 fully saturated rings. The Hall–Kier alpha value is -1.55. The Kier molecular flexibility index (Phi) is 5.23. The van der Waals surface area contributed by atoms with Gasteiger partial charge in [-0.1, -0.05) is 31.9 Å². The molecule has 2 rings (SSSR count). The first-order valence-electron chi connectivity index (χ1n) is 7.62. The number of aliphatic hydroxyl groups is 1. The molecule has 1 aromatic rings. The quantitative estimate of drug-likeness (QED) is 0.875. The zero-order valence-corrected chi connectivity index (χ0v) is 12.9. The van der Waals surface area contributed by atoms with Crippen LogP contribution in [0.5, 0.6) is 5.75 Å². The topological polar surface area (TPSA) is 58.6 Å². The van der Waals surface area contributed by atoms with Gasteiger partial charge in [0.2, 0.25) is 5.91 Å². The van der Waals surface area contributed by atoms with Crippen molar-refractivity contribution in [3.63, 3.8) is 0 Å². The van der Waals surface area contributed by atoms with E-state index in [0.29, 0.717) is 12.3 Å². The van der Waals surface area contributed by atoms with Gasteiger partial charge in [0.1, 0.15) is 5.75 Å². The molecule has 1 aliphatic rings. The number of hydrogen-bond acceptors (Lipinski definition) is 3. The second-order valence-corrected chi connectivity index (χ2v) is 6.22. The summed E-state index contributed by atoms with van der Waals surface area (Å²) in [6, 6.07) is 7.53. The highest BCUT2D eigenvalue weighted by molar-refractivity contribution is 5.79. The van der Waals surface area contributed by atoms with Crippen LogP contribution in [-0.4, -0.2) is 30.3 Å². The third-order valence-corrected chi connectivity index (χ3v) is 4.30. The molecular weight excluding hydrogens is 266 g/mol. The van der Waals surface area contributed by atoms with Crippen molar-refractivity contribution >= 4 is 5.91 Å². The number of nitrogens with one attached hydrogen (secondary N) is 1. The third kappa shape index (κ3) is 4.21. The van der Waals surface area contributed by atoms with Gasteiger partial charge in [-0.25, -0.2) is 0 Å². The molecule has 21 heavy (non-hydrogen) atoms. The summed E-state index contributed by atoms with van der Waals surface area (Å²) in [7, 11) is 1.61. The number of ether oxygens (including phenoxy) is 1. The van der Waals surface area contributed by atoms with E-state index in [-0.39, 0.29) is 12.5 Å². The van der Waals surface area contributed by atoms with Crippen molar-refractivity contribution in [3.05, 3.63) is 29.8 Å². The van der Waals surface area contributed by atoms with E-state index in [2.05, 4.69) is 12.2 Å². The van der Waals surface area contributed by atoms with Gasteiger partial charge in [-0.3, -0.25) is 4.79 Å². The Morgan fingerprint density at radius 3 is 3.00 bits per heavy atom. The molecule has 0 aliphatic heterocycles. The summed E-state index contributed by atoms with van der Waals surface area (Å²) in [4.78, 5) is 12.3. The van der Waals surface area contributed by atoms with Crippen molar-refractivity contribution in [1.82, 2.24) is 5.32 Å². The molecule has 0 heterocycles. The summed E-state index contributed by atoms with van der Waals surface area (Å²) < 4.78 is 5.17. The minimum absolute atomic E-state index is 0.0151. The van der Waals surface area contributed by atoms with Crippen molar-refractivity contribution in [2.75, 3.05) is 13.7 Å². The molecule has 0 saturated heterocycles. The molecule has 1 amide bonds. The molecule has 2 unspecified atom stereocenters. The van der Waals surface area contributed by atoms with E-state index < -0.39 is 5.54 Å². The summed E-state index contributed by atoms with van der Waals surface area (Å²) in [6.07, 6.45) is 4.26. The molecule has 4 nitrogen and oxygen atoms in total. The van der Waals surface area contributed by atoms with Crippen LogP contribution in [-0.2, 0) is 11.2 Å². The minimum Gasteiger partial charge on any atom is -0.497 e. The zero-order chi connectivity index (χ0) is 15.3. The summed E-state index contributed by atoms with van der Waals surface area (Å²) >= 11 is 0. The van der Waals surface area contributed by atoms with Crippen LogP contribution in [0.1, 0.15) is 38.2 Å². The van der Waals surface area contributed by atoms with E-state index in [1.54, 1.807) is 7.11 Å². The molecule has 1 aromatic carbocycles. The van der Waals surface area contributed by atoms with Gasteiger partial charge in [-0.2, -0.15) is 0 Å². The van der Waals surface area contributed by atoms with Gasteiger partial charge in [0.15, 0.2) is 0 Å². The van der Waals surface area contributed by atoms with E-state index in [1.165, 1.54) is 6.42 Å². The molecule has 2 atom stereocenters. The number of benzene rings is 1. The van der Waals surface area contributed by atoms with Gasteiger partial charge >= 0.3 is 0 Å². The Balaban J connectivity index is 1.99. The lowest BCUT2D eigenvalue weighted by molar-refractivity contribution is -0.123. The fourth-order valence-electron chi connectivity index (χ4n) is 3.26. The fraction of sp³-hybridized carbons (Fsp3) is 0.588. The molecule has 0 spiro atoms. The van der Waals surface area contributed by atoms with Crippen LogP contribution >= 0.6 is 0 Å². The van der Waals surface area contributed by atoms with Crippen LogP contribution in [0.15, 0.2) is 24.3 Å². The molecule has 0 bridgehead atoms. The van der Waals surface area contributed by atoms with E-state index in [9.17, 15) is 9.90 Å². The predicted octanol–water partition coefficient (Wildman–Crippen LogP) is 2.30. The van der Waals surface area contributed by atoms with Gasteiger partial charge in [-0.05, 0) is 36.5 Å². The van der Waals surface area contributed by atoms with Crippen LogP contribution in [0.3, 0.4) is 0 Å². The molecule has 1 aliphatic carbocycles. The number of aliphatic hydroxyl groups excluding tert-OH is 1. The summed E-state index contributed by atoms with van der Waals surface area (Å²) in [5.41, 5.74) is 0.483. The van der Waals surface area contributed by atoms with Crippen LogP contribution < -0.4 is 10.1 Å². The lowest BCUT2D eigenvalue weighted by Gasteiger charge is -2.39. The van der Waals surface area contributed by atoms with Crippen LogP contribution in [0, 0.1) is 5.92 Å². The van der Waals surface area contributed by atoms with Gasteiger partial charge in [0, 0.05) is 0 Å². The third-order valence-electron chi connectivity index (χ3n) is 4.30. The number of carbonyl (C=O) groups excluding carboxylic acids is 1. The second kappa shape index (κ2) is 6.94. The summed E-state index contributed by atoms with van der Waals surface area (Å²) in [5.74, 6) is 1.26. The minimum atomic E-state index is -0.437. The maximum absolute atomic E-state index is 12.3. The van der Waals surface area contributed by atoms with E-state index in [1.807, 2.05) is 24.3 Å². The molecule has 4 heteroatoms. The van der Waals surface area contributed by atoms with Gasteiger partial charge in [0.05, 0.1) is 25.7 Å². The Bertz CT molecular complexity index is 489. The number of methoxy groups -OCH3 is 1. The van der Waals surface area contributed by atoms with Crippen molar-refractivity contribution < 1.29 is 14.6 Å². The largest absolute Gasteiger partial charge is 0.497 e. The average Bonchev–Trinajstić information content (AvgIpc) is 2.47. The highest BCUT2D eigenvalue weighted by Gasteiger charge is 2.35. The van der Waals surface area contributed by atoms with Crippen LogP contribution in [0.4, 0.5) is 0 Å². The Morgan fingerprint density at radius 1 is 1.52 bits per heavy atom. The summed E-state index contributed by atoms with van der Waals surface area (Å²) in [5, 5.41) is 12.8. The fourth-order valence-corrected chi connectivity index (χ4v) is 3.26. The number of rotatable bonds is 5. The molecule has 0 radical (unpaired) electrons. The van der Waals surface area contributed by atoms with Gasteiger partial charge in [-0.15, -0.1) is 0 Å². The maximum atomic E-state index is 12.3. The van der Waals surface area contributed by atoms with Gasteiger partial charge in [0.25, 0.3) is 0 Å². The van der Waals surface area contributed by atoms with E-state index in [0.717, 1.165) is 30.6 Å². The van der Waals surface area contributed by atoms with Crippen molar-refractivity contribution in [3.8, 4) is 5.75 Å². The number of hydrogen-bond donors (Lipinski definition) is 2. The first kappa shape index (κ1) is 15.8. The normalized spacial score (nSPS) is 25.4. The van der Waals surface area contributed by atoms with Crippen LogP contribution in [0.25, 0.3) is 0 Å². The predicted molar refractivity (Wildman–Crippen MR) is 82.3 cm³/mol. The van der Waals surface area contributed by atoms with E-state index in [4.69, 9.17) is 4.74 Å². The Morgan fingerprint density at radius 2 is 2.33 bits per heavy atom. The lowest BCUT2D eigenvalue weighted by Crippen LogP contribution is -2.54. The molecule has 2 N–H and O–H groups in total.